The largest absolute Gasteiger partial charge is 0.359 e. The maximum atomic E-state index is 5.78. The summed E-state index contributed by atoms with van der Waals surface area (Å²) in [6, 6.07) is 1.83. The molecule has 0 atom stereocenters. The highest BCUT2D eigenvalue weighted by Crippen LogP contribution is 2.42. The molecule has 9 heavy (non-hydrogen) atoms. The van der Waals surface area contributed by atoms with Crippen molar-refractivity contribution in [3.63, 3.8) is 0 Å². The number of rotatable bonds is 1. The van der Waals surface area contributed by atoms with Gasteiger partial charge in [0.1, 0.15) is 0 Å². The molecule has 48 valence electrons. The third-order valence-electron chi connectivity index (χ3n) is 1.72. The molecular formula is C6H8N2O. The number of nitrogens with zero attached hydrogens (tertiary/aromatic N) is 1. The first-order valence-corrected chi connectivity index (χ1v) is 3.01. The zero-order valence-corrected chi connectivity index (χ0v) is 5.00. The van der Waals surface area contributed by atoms with Crippen LogP contribution in [0.15, 0.2) is 16.8 Å². The molecular weight excluding hydrogens is 116 g/mol. The summed E-state index contributed by atoms with van der Waals surface area (Å²) in [5.74, 6) is 0.822. The Hall–Kier alpha value is -0.830. The second kappa shape index (κ2) is 1.36. The van der Waals surface area contributed by atoms with Crippen LogP contribution in [0.2, 0.25) is 0 Å². The van der Waals surface area contributed by atoms with Crippen LogP contribution in [0.5, 0.6) is 0 Å². The number of nitrogens with two attached hydrogens (primary N) is 1. The summed E-state index contributed by atoms with van der Waals surface area (Å²) in [6.07, 6.45) is 3.69. The fraction of sp³-hybridized carbons (Fsp3) is 0.500. The number of hydrogen-bond acceptors (Lipinski definition) is 3. The van der Waals surface area contributed by atoms with Gasteiger partial charge < -0.3 is 10.3 Å². The van der Waals surface area contributed by atoms with Crippen molar-refractivity contribution in [1.82, 2.24) is 5.16 Å². The first-order valence-electron chi connectivity index (χ1n) is 3.01. The molecule has 1 aliphatic rings. The van der Waals surface area contributed by atoms with Gasteiger partial charge in [0.2, 0.25) is 0 Å². The lowest BCUT2D eigenvalue weighted by molar-refractivity contribution is 0.355. The zero-order chi connectivity index (χ0) is 6.32. The summed E-state index contributed by atoms with van der Waals surface area (Å²) in [6.45, 7) is 0. The van der Waals surface area contributed by atoms with E-state index in [1.54, 1.807) is 6.20 Å². The number of hydrogen-bond donors (Lipinski definition) is 1. The third kappa shape index (κ3) is 0.650. The molecule has 1 aliphatic carbocycles. The van der Waals surface area contributed by atoms with Crippen molar-refractivity contribution in [2.45, 2.75) is 18.4 Å². The van der Waals surface area contributed by atoms with Crippen LogP contribution in [-0.4, -0.2) is 5.16 Å². The second-order valence-corrected chi connectivity index (χ2v) is 2.53. The van der Waals surface area contributed by atoms with Crippen molar-refractivity contribution in [3.8, 4) is 0 Å². The molecule has 0 unspecified atom stereocenters. The van der Waals surface area contributed by atoms with Crippen LogP contribution >= 0.6 is 0 Å². The summed E-state index contributed by atoms with van der Waals surface area (Å²) in [4.78, 5) is 0. The molecule has 1 fully saturated rings. The van der Waals surface area contributed by atoms with Crippen molar-refractivity contribution >= 4 is 0 Å². The van der Waals surface area contributed by atoms with E-state index in [1.165, 1.54) is 0 Å². The Labute approximate surface area is 52.8 Å². The van der Waals surface area contributed by atoms with Gasteiger partial charge in [-0.05, 0) is 12.8 Å². The topological polar surface area (TPSA) is 52.0 Å². The Balaban J connectivity index is 2.34. The minimum atomic E-state index is -0.156. The molecule has 1 heterocycles. The maximum Gasteiger partial charge on any atom is 0.156 e. The van der Waals surface area contributed by atoms with E-state index in [1.807, 2.05) is 6.07 Å². The number of aromatic nitrogens is 1. The standard InChI is InChI=1S/C6H8N2O/c7-6(2-3-6)5-1-4-8-9-5/h1,4H,2-3,7H2. The predicted molar refractivity (Wildman–Crippen MR) is 31.6 cm³/mol. The van der Waals surface area contributed by atoms with E-state index in [4.69, 9.17) is 10.3 Å². The van der Waals surface area contributed by atoms with Crippen LogP contribution in [0.4, 0.5) is 0 Å². The first-order chi connectivity index (χ1) is 4.31. The van der Waals surface area contributed by atoms with E-state index < -0.39 is 0 Å². The molecule has 0 spiro atoms. The van der Waals surface area contributed by atoms with Crippen molar-refractivity contribution in [1.29, 1.82) is 0 Å². The molecule has 2 N–H and O–H groups in total. The van der Waals surface area contributed by atoms with Gasteiger partial charge in [-0.3, -0.25) is 0 Å². The van der Waals surface area contributed by atoms with Gasteiger partial charge in [0.05, 0.1) is 11.7 Å². The molecule has 0 bridgehead atoms. The third-order valence-corrected chi connectivity index (χ3v) is 1.72. The lowest BCUT2D eigenvalue weighted by Crippen LogP contribution is -2.17. The highest BCUT2D eigenvalue weighted by molar-refractivity contribution is 5.16. The fourth-order valence-electron chi connectivity index (χ4n) is 0.854. The fourth-order valence-corrected chi connectivity index (χ4v) is 0.854. The van der Waals surface area contributed by atoms with Crippen LogP contribution in [0.25, 0.3) is 0 Å². The van der Waals surface area contributed by atoms with Crippen LogP contribution in [0.1, 0.15) is 18.6 Å². The maximum absolute atomic E-state index is 5.78. The molecule has 1 aromatic rings. The van der Waals surface area contributed by atoms with Gasteiger partial charge >= 0.3 is 0 Å². The average molecular weight is 124 g/mol. The smallest absolute Gasteiger partial charge is 0.156 e. The molecule has 2 rings (SSSR count). The van der Waals surface area contributed by atoms with Gasteiger partial charge in [-0.25, -0.2) is 0 Å². The quantitative estimate of drug-likeness (QED) is 0.597. The van der Waals surface area contributed by atoms with E-state index >= 15 is 0 Å². The lowest BCUT2D eigenvalue weighted by atomic mass is 10.2. The molecule has 1 aromatic heterocycles. The summed E-state index contributed by atoms with van der Waals surface area (Å²) in [7, 11) is 0. The normalized spacial score (nSPS) is 21.9. The Morgan fingerprint density at radius 1 is 1.67 bits per heavy atom. The van der Waals surface area contributed by atoms with Gasteiger partial charge in [0.25, 0.3) is 0 Å². The highest BCUT2D eigenvalue weighted by atomic mass is 16.5. The van der Waals surface area contributed by atoms with E-state index in [0.29, 0.717) is 0 Å². The molecule has 3 heteroatoms. The molecule has 3 nitrogen and oxygen atoms in total. The summed E-state index contributed by atoms with van der Waals surface area (Å²) in [5.41, 5.74) is 5.62. The second-order valence-electron chi connectivity index (χ2n) is 2.53. The first kappa shape index (κ1) is 4.99. The summed E-state index contributed by atoms with van der Waals surface area (Å²) >= 11 is 0. The van der Waals surface area contributed by atoms with E-state index in [-0.39, 0.29) is 5.54 Å². The SMILES string of the molecule is NC1(c2ccno2)CC1. The lowest BCUT2D eigenvalue weighted by Gasteiger charge is -1.98. The van der Waals surface area contributed by atoms with Gasteiger partial charge in [0, 0.05) is 6.07 Å². The van der Waals surface area contributed by atoms with Crippen LogP contribution in [0, 0.1) is 0 Å². The molecule has 0 radical (unpaired) electrons. The highest BCUT2D eigenvalue weighted by Gasteiger charge is 2.43. The molecule has 0 saturated heterocycles. The summed E-state index contributed by atoms with van der Waals surface area (Å²) in [5, 5.41) is 3.57. The Bertz CT molecular complexity index is 201. The molecule has 0 amide bonds. The molecule has 0 aromatic carbocycles. The van der Waals surface area contributed by atoms with Gasteiger partial charge in [-0.1, -0.05) is 5.16 Å². The van der Waals surface area contributed by atoms with Crippen molar-refractivity contribution in [3.05, 3.63) is 18.0 Å². The van der Waals surface area contributed by atoms with Gasteiger partial charge in [-0.2, -0.15) is 0 Å². The van der Waals surface area contributed by atoms with Crippen LogP contribution in [-0.2, 0) is 5.54 Å². The summed E-state index contributed by atoms with van der Waals surface area (Å²) < 4.78 is 4.89. The van der Waals surface area contributed by atoms with E-state index in [2.05, 4.69) is 5.16 Å². The van der Waals surface area contributed by atoms with Crippen LogP contribution in [0.3, 0.4) is 0 Å². The van der Waals surface area contributed by atoms with Crippen molar-refractivity contribution < 1.29 is 4.52 Å². The van der Waals surface area contributed by atoms with Crippen molar-refractivity contribution in [2.75, 3.05) is 0 Å². The average Bonchev–Trinajstić information content (AvgIpc) is 2.46. The Morgan fingerprint density at radius 2 is 2.44 bits per heavy atom. The van der Waals surface area contributed by atoms with E-state index in [9.17, 15) is 0 Å². The van der Waals surface area contributed by atoms with Gasteiger partial charge in [-0.15, -0.1) is 0 Å². The molecule has 1 saturated carbocycles. The monoisotopic (exact) mass is 124 g/mol. The van der Waals surface area contributed by atoms with Crippen molar-refractivity contribution in [2.24, 2.45) is 5.73 Å². The van der Waals surface area contributed by atoms with E-state index in [0.717, 1.165) is 18.6 Å². The Morgan fingerprint density at radius 3 is 2.89 bits per heavy atom. The predicted octanol–water partition coefficient (Wildman–Crippen LogP) is 0.622. The van der Waals surface area contributed by atoms with Crippen LogP contribution < -0.4 is 5.73 Å². The van der Waals surface area contributed by atoms with Gasteiger partial charge in [0.15, 0.2) is 5.76 Å². The zero-order valence-electron chi connectivity index (χ0n) is 5.00. The molecule has 0 aliphatic heterocycles. The minimum Gasteiger partial charge on any atom is -0.359 e. The Kier molecular flexibility index (Phi) is 0.754. The minimum absolute atomic E-state index is 0.156.